The zero-order chi connectivity index (χ0) is 14.6. The van der Waals surface area contributed by atoms with E-state index in [1.165, 1.54) is 0 Å². The van der Waals surface area contributed by atoms with Crippen molar-refractivity contribution in [3.05, 3.63) is 23.1 Å². The minimum Gasteiger partial charge on any atom is -0.297 e. The van der Waals surface area contributed by atoms with Crippen molar-refractivity contribution in [2.75, 3.05) is 13.1 Å². The third kappa shape index (κ3) is 2.14. The fourth-order valence-electron chi connectivity index (χ4n) is 3.63. The van der Waals surface area contributed by atoms with Crippen LogP contribution in [0.3, 0.4) is 0 Å². The van der Waals surface area contributed by atoms with Crippen molar-refractivity contribution in [2.45, 2.75) is 44.4 Å². The lowest BCUT2D eigenvalue weighted by Gasteiger charge is -2.41. The second kappa shape index (κ2) is 4.92. The van der Waals surface area contributed by atoms with E-state index >= 15 is 0 Å². The predicted molar refractivity (Wildman–Crippen MR) is 80.4 cm³/mol. The van der Waals surface area contributed by atoms with Crippen LogP contribution >= 0.6 is 11.6 Å². The van der Waals surface area contributed by atoms with Gasteiger partial charge in [0.1, 0.15) is 11.3 Å². The lowest BCUT2D eigenvalue weighted by atomic mass is 9.85. The number of rotatable bonds is 2. The number of aryl methyl sites for hydroxylation is 1. The molecule has 2 aliphatic rings. The topological polar surface area (TPSA) is 34.0 Å². The molecule has 21 heavy (non-hydrogen) atoms. The second-order valence-corrected chi connectivity index (χ2v) is 6.54. The van der Waals surface area contributed by atoms with Gasteiger partial charge >= 0.3 is 0 Å². The predicted octanol–water partition coefficient (Wildman–Crippen LogP) is 3.14. The normalized spacial score (nSPS) is 30.0. The van der Waals surface area contributed by atoms with Gasteiger partial charge < -0.3 is 0 Å². The Bertz CT molecular complexity index is 680. The molecule has 2 aromatic heterocycles. The van der Waals surface area contributed by atoms with Crippen molar-refractivity contribution < 1.29 is 4.39 Å². The van der Waals surface area contributed by atoms with Crippen molar-refractivity contribution in [1.82, 2.24) is 19.7 Å². The molecule has 1 saturated heterocycles. The van der Waals surface area contributed by atoms with Gasteiger partial charge in [0, 0.05) is 25.3 Å². The van der Waals surface area contributed by atoms with Gasteiger partial charge in [-0.25, -0.2) is 9.37 Å². The molecule has 1 atom stereocenters. The maximum atomic E-state index is 13.3. The Hall–Kier alpha value is -1.20. The molecule has 112 valence electrons. The average molecular weight is 309 g/mol. The summed E-state index contributed by atoms with van der Waals surface area (Å²) >= 11 is 6.18. The fraction of sp³-hybridized carbons (Fsp3) is 0.600. The Morgan fingerprint density at radius 3 is 2.86 bits per heavy atom. The van der Waals surface area contributed by atoms with E-state index in [0.29, 0.717) is 30.2 Å². The van der Waals surface area contributed by atoms with Crippen molar-refractivity contribution in [3.63, 3.8) is 0 Å². The van der Waals surface area contributed by atoms with Gasteiger partial charge in [0.25, 0.3) is 0 Å². The SMILES string of the molecule is Cc1nn(C2CC(N3CCC(F)C3)C2)c2ccnc(Cl)c12. The monoisotopic (exact) mass is 308 g/mol. The smallest absolute Gasteiger partial charge is 0.140 e. The van der Waals surface area contributed by atoms with Gasteiger partial charge in [-0.1, -0.05) is 11.6 Å². The molecule has 1 saturated carbocycles. The van der Waals surface area contributed by atoms with Crippen molar-refractivity contribution in [3.8, 4) is 0 Å². The summed E-state index contributed by atoms with van der Waals surface area (Å²) in [5.74, 6) is 0. The first-order chi connectivity index (χ1) is 10.1. The lowest BCUT2D eigenvalue weighted by molar-refractivity contribution is 0.0944. The summed E-state index contributed by atoms with van der Waals surface area (Å²) in [6.45, 7) is 3.47. The second-order valence-electron chi connectivity index (χ2n) is 6.19. The number of nitrogens with zero attached hydrogens (tertiary/aromatic N) is 4. The third-order valence-corrected chi connectivity index (χ3v) is 5.15. The van der Waals surface area contributed by atoms with Gasteiger partial charge in [0.2, 0.25) is 0 Å². The van der Waals surface area contributed by atoms with E-state index in [2.05, 4.69) is 19.7 Å². The Morgan fingerprint density at radius 1 is 1.33 bits per heavy atom. The van der Waals surface area contributed by atoms with Crippen LogP contribution in [0, 0.1) is 6.92 Å². The molecule has 1 aliphatic carbocycles. The van der Waals surface area contributed by atoms with Crippen molar-refractivity contribution >= 4 is 22.5 Å². The first-order valence-corrected chi connectivity index (χ1v) is 7.88. The first kappa shape index (κ1) is 13.5. The minimum atomic E-state index is -0.637. The number of aromatic nitrogens is 3. The van der Waals surface area contributed by atoms with Crippen LogP contribution in [0.2, 0.25) is 5.15 Å². The standard InChI is InChI=1S/C15H18ClFN4/c1-9-14-13(2-4-18-15(14)16)21(19-9)12-6-11(7-12)20-5-3-10(17)8-20/h2,4,10-12H,3,5-8H2,1H3. The molecule has 0 aromatic carbocycles. The highest BCUT2D eigenvalue weighted by Gasteiger charge is 2.39. The number of halogens is 2. The number of pyridine rings is 1. The van der Waals surface area contributed by atoms with Gasteiger partial charge in [-0.05, 0) is 32.3 Å². The van der Waals surface area contributed by atoms with E-state index in [-0.39, 0.29) is 0 Å². The highest BCUT2D eigenvalue weighted by molar-refractivity contribution is 6.34. The van der Waals surface area contributed by atoms with Crippen molar-refractivity contribution in [1.29, 1.82) is 0 Å². The van der Waals surface area contributed by atoms with Crippen LogP contribution in [0.5, 0.6) is 0 Å². The summed E-state index contributed by atoms with van der Waals surface area (Å²) in [4.78, 5) is 6.42. The lowest BCUT2D eigenvalue weighted by Crippen LogP contribution is -2.44. The Kier molecular flexibility index (Phi) is 3.15. The molecular weight excluding hydrogens is 291 g/mol. The summed E-state index contributed by atoms with van der Waals surface area (Å²) in [5, 5.41) is 6.12. The van der Waals surface area contributed by atoms with Crippen LogP contribution in [0.15, 0.2) is 12.3 Å². The van der Waals surface area contributed by atoms with Crippen LogP contribution in [0.25, 0.3) is 10.9 Å². The van der Waals surface area contributed by atoms with E-state index in [4.69, 9.17) is 11.6 Å². The number of hydrogen-bond acceptors (Lipinski definition) is 3. The molecule has 0 spiro atoms. The van der Waals surface area contributed by atoms with Gasteiger partial charge in [0.05, 0.1) is 22.6 Å². The molecule has 0 radical (unpaired) electrons. The first-order valence-electron chi connectivity index (χ1n) is 7.51. The van der Waals surface area contributed by atoms with Crippen LogP contribution < -0.4 is 0 Å². The van der Waals surface area contributed by atoms with E-state index in [1.54, 1.807) is 6.20 Å². The largest absolute Gasteiger partial charge is 0.297 e. The van der Waals surface area contributed by atoms with Gasteiger partial charge in [-0.3, -0.25) is 9.58 Å². The van der Waals surface area contributed by atoms with Crippen LogP contribution in [0.4, 0.5) is 4.39 Å². The van der Waals surface area contributed by atoms with E-state index in [1.807, 2.05) is 13.0 Å². The zero-order valence-electron chi connectivity index (χ0n) is 12.0. The van der Waals surface area contributed by atoms with Crippen LogP contribution in [-0.2, 0) is 0 Å². The van der Waals surface area contributed by atoms with E-state index in [0.717, 1.165) is 36.0 Å². The molecule has 2 aromatic rings. The maximum absolute atomic E-state index is 13.3. The number of fused-ring (bicyclic) bond motifs is 1. The quantitative estimate of drug-likeness (QED) is 0.799. The van der Waals surface area contributed by atoms with Crippen LogP contribution in [0.1, 0.15) is 31.0 Å². The summed E-state index contributed by atoms with van der Waals surface area (Å²) < 4.78 is 15.4. The molecule has 0 bridgehead atoms. The summed E-state index contributed by atoms with van der Waals surface area (Å²) in [7, 11) is 0. The Labute approximate surface area is 127 Å². The summed E-state index contributed by atoms with van der Waals surface area (Å²) in [6, 6.07) is 2.87. The minimum absolute atomic E-state index is 0.392. The van der Waals surface area contributed by atoms with E-state index < -0.39 is 6.17 Å². The summed E-state index contributed by atoms with van der Waals surface area (Å²) in [6.07, 6.45) is 3.87. The van der Waals surface area contributed by atoms with Gasteiger partial charge in [-0.15, -0.1) is 0 Å². The molecule has 2 fully saturated rings. The molecular formula is C15H18ClFN4. The molecule has 1 aliphatic heterocycles. The third-order valence-electron chi connectivity index (χ3n) is 4.86. The molecule has 0 amide bonds. The van der Waals surface area contributed by atoms with Gasteiger partial charge in [-0.2, -0.15) is 5.10 Å². The van der Waals surface area contributed by atoms with Crippen LogP contribution in [-0.4, -0.2) is 45.0 Å². The number of hydrogen-bond donors (Lipinski definition) is 0. The fourth-order valence-corrected chi connectivity index (χ4v) is 3.92. The van der Waals surface area contributed by atoms with Crippen molar-refractivity contribution in [2.24, 2.45) is 0 Å². The number of alkyl halides is 1. The highest BCUT2D eigenvalue weighted by atomic mass is 35.5. The zero-order valence-corrected chi connectivity index (χ0v) is 12.7. The average Bonchev–Trinajstić information content (AvgIpc) is 2.94. The Balaban J connectivity index is 1.55. The van der Waals surface area contributed by atoms with E-state index in [9.17, 15) is 4.39 Å². The maximum Gasteiger partial charge on any atom is 0.140 e. The number of likely N-dealkylation sites (tertiary alicyclic amines) is 1. The molecule has 4 nitrogen and oxygen atoms in total. The molecule has 0 N–H and O–H groups in total. The molecule has 4 rings (SSSR count). The molecule has 6 heteroatoms. The molecule has 3 heterocycles. The Morgan fingerprint density at radius 2 is 2.14 bits per heavy atom. The summed E-state index contributed by atoms with van der Waals surface area (Å²) in [5.41, 5.74) is 1.98. The highest BCUT2D eigenvalue weighted by Crippen LogP contribution is 2.39. The molecule has 1 unspecified atom stereocenters. The van der Waals surface area contributed by atoms with Gasteiger partial charge in [0.15, 0.2) is 0 Å².